The van der Waals surface area contributed by atoms with Gasteiger partial charge in [0.25, 0.3) is 0 Å². The second-order valence-electron chi connectivity index (χ2n) is 5.28. The van der Waals surface area contributed by atoms with Gasteiger partial charge in [-0.1, -0.05) is 6.07 Å². The first-order valence-electron chi connectivity index (χ1n) is 7.36. The third-order valence-corrected chi connectivity index (χ3v) is 3.23. The molecule has 0 aliphatic rings. The number of benzene rings is 2. The molecule has 118 valence electrons. The zero-order valence-electron chi connectivity index (χ0n) is 13.4. The van der Waals surface area contributed by atoms with Gasteiger partial charge < -0.3 is 19.9 Å². The van der Waals surface area contributed by atoms with Gasteiger partial charge in [0.05, 0.1) is 26.0 Å². The SMILES string of the molecule is COc1ccc(OCCCOc2cc(C)cc(C)c2)c(N)c1. The number of anilines is 1. The monoisotopic (exact) mass is 301 g/mol. The van der Waals surface area contributed by atoms with Crippen molar-refractivity contribution < 1.29 is 14.2 Å². The fourth-order valence-electron chi connectivity index (χ4n) is 2.23. The van der Waals surface area contributed by atoms with Gasteiger partial charge in [0.2, 0.25) is 0 Å². The molecule has 0 aliphatic carbocycles. The molecule has 2 aromatic rings. The Morgan fingerprint density at radius 2 is 1.55 bits per heavy atom. The van der Waals surface area contributed by atoms with Crippen molar-refractivity contribution in [3.05, 3.63) is 47.5 Å². The second kappa shape index (κ2) is 7.59. The van der Waals surface area contributed by atoms with Crippen molar-refractivity contribution in [1.29, 1.82) is 0 Å². The molecule has 0 amide bonds. The summed E-state index contributed by atoms with van der Waals surface area (Å²) in [7, 11) is 1.61. The van der Waals surface area contributed by atoms with Gasteiger partial charge in [-0.05, 0) is 49.2 Å². The maximum atomic E-state index is 5.90. The van der Waals surface area contributed by atoms with E-state index in [1.807, 2.05) is 24.3 Å². The topological polar surface area (TPSA) is 53.7 Å². The van der Waals surface area contributed by atoms with Crippen molar-refractivity contribution in [1.82, 2.24) is 0 Å². The smallest absolute Gasteiger partial charge is 0.142 e. The third kappa shape index (κ3) is 4.58. The number of nitrogens with two attached hydrogens (primary N) is 1. The van der Waals surface area contributed by atoms with E-state index in [2.05, 4.69) is 19.9 Å². The van der Waals surface area contributed by atoms with Crippen LogP contribution < -0.4 is 19.9 Å². The van der Waals surface area contributed by atoms with E-state index < -0.39 is 0 Å². The van der Waals surface area contributed by atoms with Gasteiger partial charge in [-0.2, -0.15) is 0 Å². The lowest BCUT2D eigenvalue weighted by molar-refractivity contribution is 0.248. The highest BCUT2D eigenvalue weighted by Crippen LogP contribution is 2.26. The molecule has 0 aromatic heterocycles. The molecule has 0 fully saturated rings. The molecule has 4 heteroatoms. The number of rotatable bonds is 7. The molecule has 0 saturated carbocycles. The van der Waals surface area contributed by atoms with E-state index in [4.69, 9.17) is 19.9 Å². The van der Waals surface area contributed by atoms with Crippen LogP contribution in [-0.2, 0) is 0 Å². The van der Waals surface area contributed by atoms with Crippen molar-refractivity contribution in [2.75, 3.05) is 26.1 Å². The summed E-state index contributed by atoms with van der Waals surface area (Å²) in [6.07, 6.45) is 0.790. The van der Waals surface area contributed by atoms with Gasteiger partial charge in [-0.25, -0.2) is 0 Å². The minimum Gasteiger partial charge on any atom is -0.497 e. The fraction of sp³-hybridized carbons (Fsp3) is 0.333. The predicted octanol–water partition coefficient (Wildman–Crippen LogP) is 3.74. The van der Waals surface area contributed by atoms with Crippen LogP contribution in [0.2, 0.25) is 0 Å². The minimum atomic E-state index is 0.557. The Morgan fingerprint density at radius 1 is 0.864 bits per heavy atom. The van der Waals surface area contributed by atoms with Gasteiger partial charge in [-0.15, -0.1) is 0 Å². The lowest BCUT2D eigenvalue weighted by Gasteiger charge is -2.11. The van der Waals surface area contributed by atoms with Crippen LogP contribution in [0.15, 0.2) is 36.4 Å². The fourth-order valence-corrected chi connectivity index (χ4v) is 2.23. The Morgan fingerprint density at radius 3 is 2.18 bits per heavy atom. The molecule has 4 nitrogen and oxygen atoms in total. The molecule has 2 N–H and O–H groups in total. The second-order valence-corrected chi connectivity index (χ2v) is 5.28. The lowest BCUT2D eigenvalue weighted by Crippen LogP contribution is -2.06. The highest BCUT2D eigenvalue weighted by molar-refractivity contribution is 5.56. The van der Waals surface area contributed by atoms with E-state index in [0.29, 0.717) is 24.7 Å². The van der Waals surface area contributed by atoms with Crippen molar-refractivity contribution in [3.8, 4) is 17.2 Å². The molecule has 0 spiro atoms. The maximum Gasteiger partial charge on any atom is 0.142 e. The van der Waals surface area contributed by atoms with Crippen molar-refractivity contribution in [3.63, 3.8) is 0 Å². The standard InChI is InChI=1S/C18H23NO3/c1-13-9-14(2)11-16(10-13)21-7-4-8-22-18-6-5-15(20-3)12-17(18)19/h5-6,9-12H,4,7-8,19H2,1-3H3. The number of methoxy groups -OCH3 is 1. The molecule has 0 heterocycles. The molecule has 0 aliphatic heterocycles. The highest BCUT2D eigenvalue weighted by Gasteiger charge is 2.02. The van der Waals surface area contributed by atoms with Gasteiger partial charge in [0, 0.05) is 12.5 Å². The molecule has 2 aromatic carbocycles. The molecule has 0 saturated heterocycles. The molecule has 0 bridgehead atoms. The number of ether oxygens (including phenoxy) is 3. The number of hydrogen-bond donors (Lipinski definition) is 1. The summed E-state index contributed by atoms with van der Waals surface area (Å²) in [5.41, 5.74) is 8.89. The van der Waals surface area contributed by atoms with Crippen LogP contribution >= 0.6 is 0 Å². The van der Waals surface area contributed by atoms with E-state index in [0.717, 1.165) is 17.9 Å². The summed E-state index contributed by atoms with van der Waals surface area (Å²) in [5.74, 6) is 2.30. The van der Waals surface area contributed by atoms with Gasteiger partial charge in [0.1, 0.15) is 17.2 Å². The van der Waals surface area contributed by atoms with E-state index in [1.54, 1.807) is 13.2 Å². The van der Waals surface area contributed by atoms with Crippen LogP contribution in [0.5, 0.6) is 17.2 Å². The quantitative estimate of drug-likeness (QED) is 0.625. The Bertz CT molecular complexity index is 605. The Kier molecular flexibility index (Phi) is 5.53. The molecule has 0 atom stereocenters. The number of hydrogen-bond acceptors (Lipinski definition) is 4. The van der Waals surface area contributed by atoms with Crippen molar-refractivity contribution in [2.24, 2.45) is 0 Å². The summed E-state index contributed by atoms with van der Waals surface area (Å²) < 4.78 is 16.5. The Balaban J connectivity index is 1.75. The average Bonchev–Trinajstić information content (AvgIpc) is 2.47. The normalized spacial score (nSPS) is 10.3. The van der Waals surface area contributed by atoms with E-state index >= 15 is 0 Å². The Labute approximate surface area is 131 Å². The molecule has 22 heavy (non-hydrogen) atoms. The largest absolute Gasteiger partial charge is 0.497 e. The molecule has 0 radical (unpaired) electrons. The third-order valence-electron chi connectivity index (χ3n) is 3.23. The van der Waals surface area contributed by atoms with Crippen LogP contribution in [0.25, 0.3) is 0 Å². The summed E-state index contributed by atoms with van der Waals surface area (Å²) in [4.78, 5) is 0. The molecule has 2 rings (SSSR count). The summed E-state index contributed by atoms with van der Waals surface area (Å²) in [6.45, 7) is 5.30. The maximum absolute atomic E-state index is 5.90. The number of aryl methyl sites for hydroxylation is 2. The zero-order valence-corrected chi connectivity index (χ0v) is 13.4. The van der Waals surface area contributed by atoms with Crippen LogP contribution in [0.1, 0.15) is 17.5 Å². The first kappa shape index (κ1) is 16.0. The predicted molar refractivity (Wildman–Crippen MR) is 88.9 cm³/mol. The van der Waals surface area contributed by atoms with Crippen LogP contribution in [0.4, 0.5) is 5.69 Å². The average molecular weight is 301 g/mol. The zero-order chi connectivity index (χ0) is 15.9. The minimum absolute atomic E-state index is 0.557. The molecular formula is C18H23NO3. The summed E-state index contributed by atoms with van der Waals surface area (Å²) >= 11 is 0. The first-order chi connectivity index (χ1) is 10.6. The van der Waals surface area contributed by atoms with E-state index in [9.17, 15) is 0 Å². The molecular weight excluding hydrogens is 278 g/mol. The lowest BCUT2D eigenvalue weighted by atomic mass is 10.1. The van der Waals surface area contributed by atoms with Crippen LogP contribution in [-0.4, -0.2) is 20.3 Å². The Hall–Kier alpha value is -2.36. The number of nitrogen functional groups attached to an aromatic ring is 1. The van der Waals surface area contributed by atoms with E-state index in [-0.39, 0.29) is 0 Å². The van der Waals surface area contributed by atoms with Gasteiger partial charge >= 0.3 is 0 Å². The van der Waals surface area contributed by atoms with Crippen molar-refractivity contribution >= 4 is 5.69 Å². The van der Waals surface area contributed by atoms with Gasteiger partial charge in [0.15, 0.2) is 0 Å². The van der Waals surface area contributed by atoms with Crippen LogP contribution in [0.3, 0.4) is 0 Å². The summed E-state index contributed by atoms with van der Waals surface area (Å²) in [5, 5.41) is 0. The van der Waals surface area contributed by atoms with Crippen molar-refractivity contribution in [2.45, 2.75) is 20.3 Å². The van der Waals surface area contributed by atoms with Crippen LogP contribution in [0, 0.1) is 13.8 Å². The highest BCUT2D eigenvalue weighted by atomic mass is 16.5. The summed E-state index contributed by atoms with van der Waals surface area (Å²) in [6, 6.07) is 11.6. The van der Waals surface area contributed by atoms with Gasteiger partial charge in [-0.3, -0.25) is 0 Å². The first-order valence-corrected chi connectivity index (χ1v) is 7.36. The molecule has 0 unspecified atom stereocenters. The van der Waals surface area contributed by atoms with E-state index in [1.165, 1.54) is 11.1 Å².